The number of nitrogens with two attached hydrogens (primary N) is 1. The van der Waals surface area contributed by atoms with Gasteiger partial charge in [0, 0.05) is 17.8 Å². The van der Waals surface area contributed by atoms with E-state index in [1.165, 1.54) is 24.4 Å². The van der Waals surface area contributed by atoms with E-state index in [0.29, 0.717) is 11.1 Å². The zero-order valence-corrected chi connectivity index (χ0v) is 19.2. The van der Waals surface area contributed by atoms with Gasteiger partial charge in [-0.05, 0) is 49.9 Å². The first-order valence-electron chi connectivity index (χ1n) is 10.0. The minimum atomic E-state index is -4.92. The molecule has 182 valence electrons. The topological polar surface area (TPSA) is 208 Å². The molecule has 2 aromatic rings. The first-order valence-corrected chi connectivity index (χ1v) is 11.6. The van der Waals surface area contributed by atoms with Crippen LogP contribution in [0.1, 0.15) is 50.4 Å². The molecule has 1 fully saturated rings. The molecule has 1 aliphatic carbocycles. The second-order valence-electron chi connectivity index (χ2n) is 7.65. The molecule has 0 radical (unpaired) electrons. The van der Waals surface area contributed by atoms with Crippen LogP contribution in [-0.2, 0) is 13.8 Å². The van der Waals surface area contributed by atoms with Crippen molar-refractivity contribution in [1.82, 2.24) is 10.3 Å². The number of amidine groups is 1. The van der Waals surface area contributed by atoms with Gasteiger partial charge in [0.05, 0.1) is 16.9 Å². The van der Waals surface area contributed by atoms with Gasteiger partial charge in [0.2, 0.25) is 12.7 Å². The fourth-order valence-corrected chi connectivity index (χ4v) is 3.29. The summed E-state index contributed by atoms with van der Waals surface area (Å²) >= 11 is 0. The predicted molar refractivity (Wildman–Crippen MR) is 119 cm³/mol. The number of H-pyrrole nitrogens is 1. The van der Waals surface area contributed by atoms with Crippen molar-refractivity contribution in [2.24, 2.45) is 5.73 Å². The van der Waals surface area contributed by atoms with Crippen LogP contribution in [0.3, 0.4) is 0 Å². The number of nitrogens with zero attached hydrogens (tertiary/aromatic N) is 1. The van der Waals surface area contributed by atoms with Gasteiger partial charge in [-0.1, -0.05) is 6.07 Å². The lowest BCUT2D eigenvalue weighted by Crippen LogP contribution is -2.39. The van der Waals surface area contributed by atoms with Crippen LogP contribution in [0.2, 0.25) is 0 Å². The summed E-state index contributed by atoms with van der Waals surface area (Å²) in [7, 11) is -4.92. The number of rotatable bonds is 8. The Balaban J connectivity index is 1.97. The summed E-state index contributed by atoms with van der Waals surface area (Å²) in [5.74, 6) is -1.55. The normalized spacial score (nSPS) is 13.3. The van der Waals surface area contributed by atoms with Crippen molar-refractivity contribution in [3.05, 3.63) is 52.3 Å². The molecule has 1 saturated carbocycles. The first kappa shape index (κ1) is 25.1. The number of amides is 3. The molecule has 7 N–H and O–H groups in total. The zero-order valence-electron chi connectivity index (χ0n) is 18.3. The second-order valence-corrected chi connectivity index (χ2v) is 8.89. The largest absolute Gasteiger partial charge is 0.472 e. The number of carbonyl (C=O) groups is 3. The number of nitrogens with one attached hydrogen (secondary N) is 3. The number of phosphoric ester groups is 1. The minimum Gasteiger partial charge on any atom is -0.421 e. The SMILES string of the molecule is Cc1ccc(C(N)=O)cc1N(C(=N)c1[nH]cc(C(=O)NC2CC2)c1C)C(=O)OCOP(=O)(O)O. The van der Waals surface area contributed by atoms with E-state index in [2.05, 4.69) is 14.8 Å². The molecule has 34 heavy (non-hydrogen) atoms. The summed E-state index contributed by atoms with van der Waals surface area (Å²) in [6.45, 7) is 2.10. The Hall–Kier alpha value is -3.51. The molecular weight excluding hydrogens is 469 g/mol. The average Bonchev–Trinajstić information content (AvgIpc) is 3.46. The third-order valence-electron chi connectivity index (χ3n) is 5.08. The molecule has 14 heteroatoms. The van der Waals surface area contributed by atoms with Crippen molar-refractivity contribution in [1.29, 1.82) is 5.41 Å². The summed E-state index contributed by atoms with van der Waals surface area (Å²) < 4.78 is 19.9. The van der Waals surface area contributed by atoms with Gasteiger partial charge in [-0.2, -0.15) is 0 Å². The van der Waals surface area contributed by atoms with E-state index < -0.39 is 32.5 Å². The van der Waals surface area contributed by atoms with Gasteiger partial charge in [0.1, 0.15) is 0 Å². The Morgan fingerprint density at radius 3 is 2.56 bits per heavy atom. The number of aromatic nitrogens is 1. The Labute approximate surface area is 194 Å². The smallest absolute Gasteiger partial charge is 0.421 e. The molecule has 0 spiro atoms. The van der Waals surface area contributed by atoms with Crippen LogP contribution in [0.4, 0.5) is 10.5 Å². The maximum atomic E-state index is 12.9. The number of hydrogen-bond donors (Lipinski definition) is 6. The Morgan fingerprint density at radius 2 is 1.97 bits per heavy atom. The van der Waals surface area contributed by atoms with Crippen molar-refractivity contribution in [3.63, 3.8) is 0 Å². The molecule has 0 bridgehead atoms. The highest BCUT2D eigenvalue weighted by atomic mass is 31.2. The van der Waals surface area contributed by atoms with Crippen molar-refractivity contribution >= 4 is 37.3 Å². The molecule has 1 aromatic carbocycles. The number of aromatic amines is 1. The third kappa shape index (κ3) is 5.88. The molecule has 0 unspecified atom stereocenters. The fraction of sp³-hybridized carbons (Fsp3) is 0.300. The quantitative estimate of drug-likeness (QED) is 0.138. The van der Waals surface area contributed by atoms with Crippen molar-refractivity contribution < 1.29 is 38.0 Å². The molecular formula is C20H24N5O8P. The lowest BCUT2D eigenvalue weighted by molar-refractivity contribution is 0.0449. The predicted octanol–water partition coefficient (Wildman–Crippen LogP) is 1.66. The molecule has 0 saturated heterocycles. The number of hydrogen-bond acceptors (Lipinski definition) is 7. The van der Waals surface area contributed by atoms with Crippen LogP contribution in [-0.4, -0.2) is 51.3 Å². The summed E-state index contributed by atoms with van der Waals surface area (Å²) in [5, 5.41) is 11.5. The fourth-order valence-electron chi connectivity index (χ4n) is 3.10. The van der Waals surface area contributed by atoms with Gasteiger partial charge in [0.15, 0.2) is 5.84 Å². The lowest BCUT2D eigenvalue weighted by Gasteiger charge is -2.24. The molecule has 0 aliphatic heterocycles. The van der Waals surface area contributed by atoms with Crippen LogP contribution in [0.15, 0.2) is 24.4 Å². The highest BCUT2D eigenvalue weighted by molar-refractivity contribution is 7.46. The van der Waals surface area contributed by atoms with Gasteiger partial charge in [-0.3, -0.25) is 15.0 Å². The van der Waals surface area contributed by atoms with Crippen LogP contribution in [0.5, 0.6) is 0 Å². The van der Waals surface area contributed by atoms with Crippen LogP contribution >= 0.6 is 7.82 Å². The summed E-state index contributed by atoms with van der Waals surface area (Å²) in [4.78, 5) is 58.3. The van der Waals surface area contributed by atoms with E-state index in [-0.39, 0.29) is 34.5 Å². The number of benzene rings is 1. The Kier molecular flexibility index (Phi) is 7.22. The number of phosphoric acid groups is 1. The Morgan fingerprint density at radius 1 is 1.29 bits per heavy atom. The standard InChI is InChI=1S/C20H24N5O8P/c1-10-3-4-12(18(22)26)7-15(10)25(20(28)32-9-33-34(29,30)31)17(21)16-11(2)14(8-23-16)19(27)24-13-5-6-13/h3-4,7-8,13,21,23H,5-6,9H2,1-2H3,(H2,22,26)(H,24,27)(H2,29,30,31). The van der Waals surface area contributed by atoms with Gasteiger partial charge in [-0.25, -0.2) is 18.8 Å². The summed E-state index contributed by atoms with van der Waals surface area (Å²) in [6, 6.07) is 4.33. The highest BCUT2D eigenvalue weighted by Crippen LogP contribution is 2.35. The lowest BCUT2D eigenvalue weighted by atomic mass is 10.1. The average molecular weight is 493 g/mol. The number of carbonyl (C=O) groups excluding carboxylic acids is 3. The van der Waals surface area contributed by atoms with E-state index >= 15 is 0 Å². The van der Waals surface area contributed by atoms with Crippen molar-refractivity contribution in [3.8, 4) is 0 Å². The molecule has 3 amide bonds. The number of aryl methyl sites for hydroxylation is 1. The monoisotopic (exact) mass is 493 g/mol. The first-order chi connectivity index (χ1) is 15.9. The molecule has 1 aliphatic rings. The van der Waals surface area contributed by atoms with Crippen LogP contribution in [0, 0.1) is 19.3 Å². The van der Waals surface area contributed by atoms with Crippen LogP contribution < -0.4 is 16.0 Å². The number of ether oxygens (including phenoxy) is 1. The summed E-state index contributed by atoms with van der Waals surface area (Å²) in [6.07, 6.45) is 1.97. The summed E-state index contributed by atoms with van der Waals surface area (Å²) in [5.41, 5.74) is 6.68. The van der Waals surface area contributed by atoms with E-state index in [9.17, 15) is 18.9 Å². The van der Waals surface area contributed by atoms with E-state index in [1.54, 1.807) is 13.8 Å². The van der Waals surface area contributed by atoms with E-state index in [0.717, 1.165) is 17.7 Å². The molecule has 1 aromatic heterocycles. The maximum Gasteiger partial charge on any atom is 0.472 e. The number of primary amides is 1. The highest BCUT2D eigenvalue weighted by Gasteiger charge is 2.30. The third-order valence-corrected chi connectivity index (χ3v) is 5.52. The van der Waals surface area contributed by atoms with E-state index in [4.69, 9.17) is 25.7 Å². The van der Waals surface area contributed by atoms with Crippen molar-refractivity contribution in [2.45, 2.75) is 32.7 Å². The Bertz CT molecular complexity index is 1200. The van der Waals surface area contributed by atoms with E-state index in [1.807, 2.05) is 0 Å². The van der Waals surface area contributed by atoms with Gasteiger partial charge >= 0.3 is 13.9 Å². The second kappa shape index (κ2) is 9.77. The van der Waals surface area contributed by atoms with Crippen molar-refractivity contribution in [2.75, 3.05) is 11.7 Å². The number of anilines is 1. The molecule has 0 atom stereocenters. The van der Waals surface area contributed by atoms with Crippen LogP contribution in [0.25, 0.3) is 0 Å². The van der Waals surface area contributed by atoms with Gasteiger partial charge in [0.25, 0.3) is 5.91 Å². The zero-order chi connectivity index (χ0) is 25.2. The molecule has 13 nitrogen and oxygen atoms in total. The molecule has 1 heterocycles. The maximum absolute atomic E-state index is 12.9. The van der Waals surface area contributed by atoms with Gasteiger partial charge < -0.3 is 30.6 Å². The van der Waals surface area contributed by atoms with Gasteiger partial charge in [-0.15, -0.1) is 0 Å². The molecule has 3 rings (SSSR count). The minimum absolute atomic E-state index is 0.0466.